The minimum Gasteiger partial charge on any atom is -0.480 e. The molecule has 0 aromatic rings. The van der Waals surface area contributed by atoms with Crippen LogP contribution in [-0.2, 0) is 9.59 Å². The van der Waals surface area contributed by atoms with Crippen LogP contribution in [0.25, 0.3) is 0 Å². The van der Waals surface area contributed by atoms with E-state index in [0.717, 1.165) is 0 Å². The number of rotatable bonds is 4. The lowest BCUT2D eigenvalue weighted by Gasteiger charge is -2.37. The molecule has 1 aliphatic rings. The van der Waals surface area contributed by atoms with Gasteiger partial charge in [0, 0.05) is 33.1 Å². The van der Waals surface area contributed by atoms with Crippen molar-refractivity contribution >= 4 is 17.9 Å². The molecule has 0 aliphatic carbocycles. The lowest BCUT2D eigenvalue weighted by atomic mass is 9.93. The number of carboxylic acid groups (broad SMARTS) is 1. The normalized spacial score (nSPS) is 15.9. The van der Waals surface area contributed by atoms with Crippen LogP contribution < -0.4 is 5.32 Å². The Balaban J connectivity index is 2.63. The van der Waals surface area contributed by atoms with Crippen molar-refractivity contribution in [2.75, 3.05) is 26.2 Å². The van der Waals surface area contributed by atoms with Crippen molar-refractivity contribution in [3.05, 3.63) is 0 Å². The van der Waals surface area contributed by atoms with Crippen molar-refractivity contribution in [2.24, 2.45) is 0 Å². The Morgan fingerprint density at radius 3 is 1.85 bits per heavy atom. The number of nitrogens with zero attached hydrogens (tertiary/aromatic N) is 2. The van der Waals surface area contributed by atoms with Crippen LogP contribution in [-0.4, -0.2) is 64.5 Å². The molecule has 1 heterocycles. The summed E-state index contributed by atoms with van der Waals surface area (Å²) in [5.41, 5.74) is -1.21. The Labute approximate surface area is 118 Å². The first-order valence-electron chi connectivity index (χ1n) is 6.92. The number of carbonyl (C=O) groups is 3. The van der Waals surface area contributed by atoms with Crippen LogP contribution in [0.5, 0.6) is 0 Å². The van der Waals surface area contributed by atoms with E-state index in [1.54, 1.807) is 23.6 Å². The van der Waals surface area contributed by atoms with Crippen molar-refractivity contribution in [1.29, 1.82) is 0 Å². The Kier molecular flexibility index (Phi) is 5.35. The maximum atomic E-state index is 12.2. The van der Waals surface area contributed by atoms with Gasteiger partial charge in [-0.15, -0.1) is 0 Å². The van der Waals surface area contributed by atoms with Crippen molar-refractivity contribution in [3.8, 4) is 0 Å². The third-order valence-electron chi connectivity index (χ3n) is 3.97. The Morgan fingerprint density at radius 2 is 1.50 bits per heavy atom. The molecule has 2 N–H and O–H groups in total. The van der Waals surface area contributed by atoms with Crippen molar-refractivity contribution < 1.29 is 19.5 Å². The van der Waals surface area contributed by atoms with Gasteiger partial charge in [-0.2, -0.15) is 0 Å². The third-order valence-corrected chi connectivity index (χ3v) is 3.97. The molecule has 7 nitrogen and oxygen atoms in total. The van der Waals surface area contributed by atoms with Crippen LogP contribution in [0.2, 0.25) is 0 Å². The van der Waals surface area contributed by atoms with Gasteiger partial charge >= 0.3 is 12.0 Å². The van der Waals surface area contributed by atoms with Crippen LogP contribution in [0.1, 0.15) is 33.6 Å². The summed E-state index contributed by atoms with van der Waals surface area (Å²) in [7, 11) is 0. The monoisotopic (exact) mass is 285 g/mol. The highest BCUT2D eigenvalue weighted by Gasteiger charge is 2.38. The number of carboxylic acids is 1. The zero-order valence-corrected chi connectivity index (χ0v) is 12.3. The minimum absolute atomic E-state index is 0.00735. The lowest BCUT2D eigenvalue weighted by Crippen LogP contribution is -2.60. The van der Waals surface area contributed by atoms with Crippen LogP contribution >= 0.6 is 0 Å². The summed E-state index contributed by atoms with van der Waals surface area (Å²) < 4.78 is 0. The number of piperazine rings is 1. The molecule has 0 saturated carbocycles. The molecule has 0 bridgehead atoms. The fraction of sp³-hybridized carbons (Fsp3) is 0.769. The van der Waals surface area contributed by atoms with E-state index in [-0.39, 0.29) is 11.9 Å². The molecule has 1 fully saturated rings. The SMILES string of the molecule is CCC(CC)(NC(=O)N1CCN(C(C)=O)CC1)C(=O)O. The minimum atomic E-state index is -1.21. The molecule has 0 radical (unpaired) electrons. The van der Waals surface area contributed by atoms with Crippen molar-refractivity contribution in [1.82, 2.24) is 15.1 Å². The average Bonchev–Trinajstić information content (AvgIpc) is 2.44. The molecule has 3 amide bonds. The first-order valence-corrected chi connectivity index (χ1v) is 6.92. The first-order chi connectivity index (χ1) is 9.36. The van der Waals surface area contributed by atoms with E-state index < -0.39 is 11.5 Å². The van der Waals surface area contributed by atoms with E-state index in [1.807, 2.05) is 0 Å². The van der Waals surface area contributed by atoms with Crippen LogP contribution in [0.4, 0.5) is 4.79 Å². The molecular weight excluding hydrogens is 262 g/mol. The van der Waals surface area contributed by atoms with Crippen LogP contribution in [0, 0.1) is 0 Å². The second-order valence-electron chi connectivity index (χ2n) is 5.02. The predicted molar refractivity (Wildman–Crippen MR) is 73.3 cm³/mol. The second kappa shape index (κ2) is 6.58. The molecule has 1 aliphatic heterocycles. The molecule has 0 atom stereocenters. The smallest absolute Gasteiger partial charge is 0.329 e. The Morgan fingerprint density at radius 1 is 1.05 bits per heavy atom. The Hall–Kier alpha value is -1.79. The number of amides is 3. The number of nitrogens with one attached hydrogen (secondary N) is 1. The lowest BCUT2D eigenvalue weighted by molar-refractivity contribution is -0.144. The third kappa shape index (κ3) is 3.40. The molecule has 0 unspecified atom stereocenters. The summed E-state index contributed by atoms with van der Waals surface area (Å²) in [5.74, 6) is -1.02. The summed E-state index contributed by atoms with van der Waals surface area (Å²) in [6.07, 6.45) is 0.663. The summed E-state index contributed by atoms with van der Waals surface area (Å²) in [5, 5.41) is 11.9. The van der Waals surface area contributed by atoms with E-state index in [1.165, 1.54) is 6.92 Å². The highest BCUT2D eigenvalue weighted by molar-refractivity contribution is 5.86. The summed E-state index contributed by atoms with van der Waals surface area (Å²) in [6, 6.07) is -0.376. The maximum absolute atomic E-state index is 12.2. The van der Waals surface area contributed by atoms with Gasteiger partial charge in [0.1, 0.15) is 5.54 Å². The zero-order valence-electron chi connectivity index (χ0n) is 12.3. The summed E-state index contributed by atoms with van der Waals surface area (Å²) in [6.45, 7) is 6.81. The van der Waals surface area contributed by atoms with Gasteiger partial charge in [-0.05, 0) is 12.8 Å². The van der Waals surface area contributed by atoms with Gasteiger partial charge in [0.2, 0.25) is 5.91 Å². The molecule has 0 spiro atoms. The maximum Gasteiger partial charge on any atom is 0.329 e. The summed E-state index contributed by atoms with van der Waals surface area (Å²) >= 11 is 0. The van der Waals surface area contributed by atoms with E-state index in [0.29, 0.717) is 39.0 Å². The summed E-state index contributed by atoms with van der Waals surface area (Å²) in [4.78, 5) is 38.0. The zero-order chi connectivity index (χ0) is 15.3. The number of hydrogen-bond donors (Lipinski definition) is 2. The van der Waals surface area contributed by atoms with Gasteiger partial charge in [0.15, 0.2) is 0 Å². The van der Waals surface area contributed by atoms with Gasteiger partial charge in [-0.25, -0.2) is 9.59 Å². The fourth-order valence-electron chi connectivity index (χ4n) is 2.29. The van der Waals surface area contributed by atoms with Crippen molar-refractivity contribution in [3.63, 3.8) is 0 Å². The first kappa shape index (κ1) is 16.3. The van der Waals surface area contributed by atoms with Gasteiger partial charge in [0.05, 0.1) is 0 Å². The highest BCUT2D eigenvalue weighted by Crippen LogP contribution is 2.16. The molecular formula is C13H23N3O4. The topological polar surface area (TPSA) is 90.0 Å². The molecule has 20 heavy (non-hydrogen) atoms. The second-order valence-corrected chi connectivity index (χ2v) is 5.02. The number of hydrogen-bond acceptors (Lipinski definition) is 3. The molecule has 0 aromatic carbocycles. The van der Waals surface area contributed by atoms with Crippen LogP contribution in [0.3, 0.4) is 0 Å². The quantitative estimate of drug-likeness (QED) is 0.787. The van der Waals surface area contributed by atoms with Crippen molar-refractivity contribution in [2.45, 2.75) is 39.2 Å². The number of carbonyl (C=O) groups excluding carboxylic acids is 2. The van der Waals surface area contributed by atoms with Gasteiger partial charge < -0.3 is 20.2 Å². The predicted octanol–water partition coefficient (Wildman–Crippen LogP) is 0.504. The molecule has 114 valence electrons. The van der Waals surface area contributed by atoms with E-state index in [4.69, 9.17) is 0 Å². The fourth-order valence-corrected chi connectivity index (χ4v) is 2.29. The Bertz CT molecular complexity index is 385. The van der Waals surface area contributed by atoms with Gasteiger partial charge in [-0.1, -0.05) is 13.8 Å². The molecule has 7 heteroatoms. The van der Waals surface area contributed by atoms with E-state index >= 15 is 0 Å². The molecule has 0 aromatic heterocycles. The van der Waals surface area contributed by atoms with Crippen LogP contribution in [0.15, 0.2) is 0 Å². The molecule has 1 saturated heterocycles. The molecule has 1 rings (SSSR count). The standard InChI is InChI=1S/C13H23N3O4/c1-4-13(5-2,11(18)19)14-12(20)16-8-6-15(7-9-16)10(3)17/h4-9H2,1-3H3,(H,14,20)(H,18,19). The highest BCUT2D eigenvalue weighted by atomic mass is 16.4. The van der Waals surface area contributed by atoms with Gasteiger partial charge in [-0.3, -0.25) is 4.79 Å². The average molecular weight is 285 g/mol. The van der Waals surface area contributed by atoms with E-state index in [9.17, 15) is 19.5 Å². The number of aliphatic carboxylic acids is 1. The van der Waals surface area contributed by atoms with E-state index in [2.05, 4.69) is 5.32 Å². The number of urea groups is 1. The largest absolute Gasteiger partial charge is 0.480 e. The van der Waals surface area contributed by atoms with Gasteiger partial charge in [0.25, 0.3) is 0 Å².